The maximum Gasteiger partial charge on any atom is 0.322 e. The van der Waals surface area contributed by atoms with E-state index in [1.807, 2.05) is 6.92 Å². The smallest absolute Gasteiger partial charge is 0.322 e. The van der Waals surface area contributed by atoms with Crippen molar-refractivity contribution in [1.82, 2.24) is 14.7 Å². The van der Waals surface area contributed by atoms with Gasteiger partial charge in [0.2, 0.25) is 0 Å². The number of carbonyl (C=O) groups is 1. The van der Waals surface area contributed by atoms with Gasteiger partial charge in [-0.05, 0) is 19.8 Å². The van der Waals surface area contributed by atoms with Gasteiger partial charge < -0.3 is 15.3 Å². The van der Waals surface area contributed by atoms with Crippen molar-refractivity contribution in [2.75, 3.05) is 18.4 Å². The number of aryl methyl sites for hydroxylation is 1. The Morgan fingerprint density at radius 1 is 1.71 bits per heavy atom. The molecule has 2 amide bonds. The molecule has 0 spiro atoms. The number of nitrogens with one attached hydrogen (secondary N) is 1. The van der Waals surface area contributed by atoms with Crippen molar-refractivity contribution in [2.45, 2.75) is 32.4 Å². The van der Waals surface area contributed by atoms with Crippen molar-refractivity contribution in [3.63, 3.8) is 0 Å². The van der Waals surface area contributed by atoms with E-state index < -0.39 is 6.10 Å². The Kier molecular flexibility index (Phi) is 3.63. The monoisotopic (exact) mass is 238 g/mol. The second-order valence-electron chi connectivity index (χ2n) is 4.26. The number of hydrogen-bond acceptors (Lipinski definition) is 3. The fraction of sp³-hybridized carbons (Fsp3) is 0.636. The van der Waals surface area contributed by atoms with Crippen LogP contribution in [0.3, 0.4) is 0 Å². The van der Waals surface area contributed by atoms with Crippen LogP contribution in [0.25, 0.3) is 0 Å². The molecule has 1 aromatic rings. The molecule has 2 N–H and O–H groups in total. The summed E-state index contributed by atoms with van der Waals surface area (Å²) in [6.07, 6.45) is 4.65. The molecule has 0 radical (unpaired) electrons. The average molecular weight is 238 g/mol. The molecule has 17 heavy (non-hydrogen) atoms. The number of nitrogens with zero attached hydrogens (tertiary/aromatic N) is 3. The van der Waals surface area contributed by atoms with Crippen molar-refractivity contribution < 1.29 is 9.90 Å². The predicted octanol–water partition coefficient (Wildman–Crippen LogP) is 0.892. The SMILES string of the molecule is CCn1cc(NC(=O)N2CCC[C@H](O)C2)cn1. The first-order valence-corrected chi connectivity index (χ1v) is 5.95. The molecule has 1 aliphatic rings. The van der Waals surface area contributed by atoms with Crippen molar-refractivity contribution in [2.24, 2.45) is 0 Å². The summed E-state index contributed by atoms with van der Waals surface area (Å²) in [6, 6.07) is -0.167. The Morgan fingerprint density at radius 3 is 3.18 bits per heavy atom. The first-order chi connectivity index (χ1) is 8.19. The van der Waals surface area contributed by atoms with Crippen molar-refractivity contribution in [3.05, 3.63) is 12.4 Å². The Labute approximate surface area is 100 Å². The van der Waals surface area contributed by atoms with E-state index in [2.05, 4.69) is 10.4 Å². The van der Waals surface area contributed by atoms with Crippen LogP contribution in [0.1, 0.15) is 19.8 Å². The van der Waals surface area contributed by atoms with Crippen LogP contribution in [0.2, 0.25) is 0 Å². The third-order valence-corrected chi connectivity index (χ3v) is 2.89. The standard InChI is InChI=1S/C11H18N4O2/c1-2-15-7-9(6-12-15)13-11(17)14-5-3-4-10(16)8-14/h6-7,10,16H,2-5,8H2,1H3,(H,13,17)/t10-/m0/s1. The molecule has 1 aliphatic heterocycles. The number of aliphatic hydroxyl groups is 1. The van der Waals surface area contributed by atoms with Gasteiger partial charge in [0.15, 0.2) is 0 Å². The number of amides is 2. The van der Waals surface area contributed by atoms with Crippen LogP contribution in [-0.2, 0) is 6.54 Å². The molecule has 1 saturated heterocycles. The zero-order chi connectivity index (χ0) is 12.3. The summed E-state index contributed by atoms with van der Waals surface area (Å²) < 4.78 is 1.75. The molecule has 6 nitrogen and oxygen atoms in total. The minimum absolute atomic E-state index is 0.167. The fourth-order valence-electron chi connectivity index (χ4n) is 1.94. The molecule has 0 aromatic carbocycles. The maximum absolute atomic E-state index is 11.9. The summed E-state index contributed by atoms with van der Waals surface area (Å²) in [5.74, 6) is 0. The van der Waals surface area contributed by atoms with Gasteiger partial charge in [0.05, 0.1) is 18.0 Å². The van der Waals surface area contributed by atoms with Crippen LogP contribution in [0.5, 0.6) is 0 Å². The van der Waals surface area contributed by atoms with E-state index in [-0.39, 0.29) is 6.03 Å². The topological polar surface area (TPSA) is 70.4 Å². The highest BCUT2D eigenvalue weighted by molar-refractivity contribution is 5.89. The van der Waals surface area contributed by atoms with Gasteiger partial charge in [0.1, 0.15) is 0 Å². The third kappa shape index (κ3) is 2.97. The minimum Gasteiger partial charge on any atom is -0.391 e. The van der Waals surface area contributed by atoms with Crippen molar-refractivity contribution in [3.8, 4) is 0 Å². The number of piperidine rings is 1. The lowest BCUT2D eigenvalue weighted by Gasteiger charge is -2.29. The molecule has 1 atom stereocenters. The predicted molar refractivity (Wildman–Crippen MR) is 63.7 cm³/mol. The van der Waals surface area contributed by atoms with E-state index in [0.717, 1.165) is 19.4 Å². The van der Waals surface area contributed by atoms with Crippen molar-refractivity contribution >= 4 is 11.7 Å². The summed E-state index contributed by atoms with van der Waals surface area (Å²) >= 11 is 0. The number of aromatic nitrogens is 2. The quantitative estimate of drug-likeness (QED) is 0.804. The normalized spacial score (nSPS) is 20.4. The molecular weight excluding hydrogens is 220 g/mol. The zero-order valence-corrected chi connectivity index (χ0v) is 9.96. The summed E-state index contributed by atoms with van der Waals surface area (Å²) in [5, 5.41) is 16.4. The Balaban J connectivity index is 1.91. The highest BCUT2D eigenvalue weighted by Gasteiger charge is 2.22. The molecule has 2 heterocycles. The van der Waals surface area contributed by atoms with Crippen molar-refractivity contribution in [1.29, 1.82) is 0 Å². The molecule has 1 aromatic heterocycles. The summed E-state index contributed by atoms with van der Waals surface area (Å²) in [7, 11) is 0. The fourth-order valence-corrected chi connectivity index (χ4v) is 1.94. The highest BCUT2D eigenvalue weighted by atomic mass is 16.3. The van der Waals surface area contributed by atoms with E-state index in [0.29, 0.717) is 18.8 Å². The molecule has 0 unspecified atom stereocenters. The van der Waals surface area contributed by atoms with Gasteiger partial charge in [0.25, 0.3) is 0 Å². The first kappa shape index (κ1) is 11.9. The largest absolute Gasteiger partial charge is 0.391 e. The van der Waals surface area contributed by atoms with Gasteiger partial charge in [-0.3, -0.25) is 4.68 Å². The number of urea groups is 1. The van der Waals surface area contributed by atoms with Gasteiger partial charge in [-0.1, -0.05) is 0 Å². The number of rotatable bonds is 2. The lowest BCUT2D eigenvalue weighted by Crippen LogP contribution is -2.44. The molecule has 1 fully saturated rings. The third-order valence-electron chi connectivity index (χ3n) is 2.89. The van der Waals surface area contributed by atoms with Crippen LogP contribution < -0.4 is 5.32 Å². The van der Waals surface area contributed by atoms with Crippen LogP contribution in [-0.4, -0.2) is 45.0 Å². The number of β-amino-alcohol motifs (C(OH)–C–C–N with tert-alkyl or cyclic N) is 1. The Morgan fingerprint density at radius 2 is 2.53 bits per heavy atom. The number of likely N-dealkylation sites (tertiary alicyclic amines) is 1. The molecule has 0 bridgehead atoms. The van der Waals surface area contributed by atoms with Crippen LogP contribution in [0.15, 0.2) is 12.4 Å². The van der Waals surface area contributed by atoms with E-state index >= 15 is 0 Å². The highest BCUT2D eigenvalue weighted by Crippen LogP contribution is 2.12. The van der Waals surface area contributed by atoms with E-state index in [4.69, 9.17) is 0 Å². The van der Waals surface area contributed by atoms with Crippen LogP contribution in [0.4, 0.5) is 10.5 Å². The Bertz CT molecular complexity index is 391. The van der Waals surface area contributed by atoms with E-state index in [9.17, 15) is 9.90 Å². The summed E-state index contributed by atoms with van der Waals surface area (Å²) in [6.45, 7) is 3.87. The molecule has 6 heteroatoms. The van der Waals surface area contributed by atoms with Gasteiger partial charge >= 0.3 is 6.03 Å². The van der Waals surface area contributed by atoms with Crippen LogP contribution >= 0.6 is 0 Å². The van der Waals surface area contributed by atoms with Gasteiger partial charge in [-0.25, -0.2) is 4.79 Å². The van der Waals surface area contributed by atoms with Gasteiger partial charge in [-0.2, -0.15) is 5.10 Å². The van der Waals surface area contributed by atoms with Gasteiger partial charge in [0, 0.05) is 25.8 Å². The summed E-state index contributed by atoms with van der Waals surface area (Å²) in [4.78, 5) is 13.5. The second kappa shape index (κ2) is 5.18. The average Bonchev–Trinajstić information content (AvgIpc) is 2.77. The minimum atomic E-state index is -0.395. The number of anilines is 1. The molecule has 0 aliphatic carbocycles. The zero-order valence-electron chi connectivity index (χ0n) is 9.96. The van der Waals surface area contributed by atoms with Crippen LogP contribution in [0, 0.1) is 0 Å². The number of hydrogen-bond donors (Lipinski definition) is 2. The Hall–Kier alpha value is -1.56. The molecule has 2 rings (SSSR count). The summed E-state index contributed by atoms with van der Waals surface area (Å²) in [5.41, 5.74) is 0.692. The molecular formula is C11H18N4O2. The molecule has 94 valence electrons. The van der Waals surface area contributed by atoms with E-state index in [1.165, 1.54) is 0 Å². The first-order valence-electron chi connectivity index (χ1n) is 5.95. The number of carbonyl (C=O) groups excluding carboxylic acids is 1. The maximum atomic E-state index is 11.9. The van der Waals surface area contributed by atoms with E-state index in [1.54, 1.807) is 22.0 Å². The van der Waals surface area contributed by atoms with Gasteiger partial charge in [-0.15, -0.1) is 0 Å². The second-order valence-corrected chi connectivity index (χ2v) is 4.26. The lowest BCUT2D eigenvalue weighted by atomic mass is 10.1. The number of aliphatic hydroxyl groups excluding tert-OH is 1. The molecule has 0 saturated carbocycles. The lowest BCUT2D eigenvalue weighted by molar-refractivity contribution is 0.0883.